The average molecular weight is 603 g/mol. The number of nitrogens with zero attached hydrogens (tertiary/aromatic N) is 6. The number of aromatic nitrogens is 6. The molecule has 9 aromatic rings. The van der Waals surface area contributed by atoms with Gasteiger partial charge in [0.15, 0.2) is 17.5 Å². The van der Waals surface area contributed by atoms with Gasteiger partial charge in [0.2, 0.25) is 0 Å². The zero-order valence-corrected chi connectivity index (χ0v) is 25.2. The van der Waals surface area contributed by atoms with Crippen LogP contribution in [0, 0.1) is 0 Å². The second-order valence-electron chi connectivity index (χ2n) is 11.4. The van der Waals surface area contributed by atoms with Crippen LogP contribution in [0.15, 0.2) is 158 Å². The Balaban J connectivity index is 1.32. The van der Waals surface area contributed by atoms with E-state index < -0.39 is 0 Å². The van der Waals surface area contributed by atoms with Gasteiger partial charge in [-0.1, -0.05) is 121 Å². The smallest absolute Gasteiger partial charge is 0.164 e. The molecule has 0 spiro atoms. The van der Waals surface area contributed by atoms with Gasteiger partial charge in [-0.15, -0.1) is 0 Å². The highest BCUT2D eigenvalue weighted by Crippen LogP contribution is 2.39. The Kier molecular flexibility index (Phi) is 6.35. The molecule has 0 unspecified atom stereocenters. The zero-order chi connectivity index (χ0) is 31.2. The molecule has 6 nitrogen and oxygen atoms in total. The van der Waals surface area contributed by atoms with Crippen LogP contribution in [0.4, 0.5) is 0 Å². The maximum atomic E-state index is 5.34. The number of benzene rings is 6. The molecule has 0 aliphatic rings. The summed E-state index contributed by atoms with van der Waals surface area (Å²) in [4.78, 5) is 24.5. The molecular weight excluding hydrogens is 576 g/mol. The Labute approximate surface area is 270 Å². The summed E-state index contributed by atoms with van der Waals surface area (Å²) in [5.74, 6) is 2.70. The molecule has 0 saturated heterocycles. The van der Waals surface area contributed by atoms with E-state index in [0.29, 0.717) is 17.5 Å². The number of hydrogen-bond acceptors (Lipinski definition) is 5. The molecule has 6 aromatic carbocycles. The second kappa shape index (κ2) is 11.1. The van der Waals surface area contributed by atoms with Crippen LogP contribution < -0.4 is 0 Å². The van der Waals surface area contributed by atoms with Crippen molar-refractivity contribution in [1.29, 1.82) is 0 Å². The van der Waals surface area contributed by atoms with Crippen molar-refractivity contribution in [3.8, 4) is 51.2 Å². The number of pyridine rings is 1. The van der Waals surface area contributed by atoms with Crippen LogP contribution >= 0.6 is 0 Å². The van der Waals surface area contributed by atoms with E-state index in [1.54, 1.807) is 0 Å². The standard InChI is InChI=1S/C41H26N6/c1-3-12-27(13-4-1)38-44-39(28-14-5-2-6-15-28)46-40(45-38)30-16-11-17-31(26-30)47-37-35-21-10-8-19-33(35)32-18-7-9-20-34(32)36(37)43-41(47)29-22-24-42-25-23-29/h1-26H. The van der Waals surface area contributed by atoms with Gasteiger partial charge in [0.1, 0.15) is 5.82 Å². The van der Waals surface area contributed by atoms with Crippen molar-refractivity contribution in [2.24, 2.45) is 0 Å². The highest BCUT2D eigenvalue weighted by molar-refractivity contribution is 6.24. The van der Waals surface area contributed by atoms with Crippen LogP contribution in [0.2, 0.25) is 0 Å². The van der Waals surface area contributed by atoms with Gasteiger partial charge in [-0.25, -0.2) is 19.9 Å². The largest absolute Gasteiger partial charge is 0.292 e. The molecule has 0 atom stereocenters. The topological polar surface area (TPSA) is 69.4 Å². The Morgan fingerprint density at radius 2 is 0.894 bits per heavy atom. The van der Waals surface area contributed by atoms with Gasteiger partial charge in [0, 0.05) is 51.1 Å². The molecule has 0 saturated carbocycles. The minimum atomic E-state index is 0.602. The quantitative estimate of drug-likeness (QED) is 0.184. The minimum Gasteiger partial charge on any atom is -0.292 e. The lowest BCUT2D eigenvalue weighted by atomic mass is 10.00. The molecule has 0 aliphatic carbocycles. The highest BCUT2D eigenvalue weighted by Gasteiger charge is 2.21. The number of rotatable bonds is 5. The van der Waals surface area contributed by atoms with Crippen LogP contribution in [-0.4, -0.2) is 29.5 Å². The van der Waals surface area contributed by atoms with Crippen molar-refractivity contribution in [1.82, 2.24) is 29.5 Å². The van der Waals surface area contributed by atoms with Crippen LogP contribution in [0.1, 0.15) is 0 Å². The third-order valence-electron chi connectivity index (χ3n) is 8.53. The lowest BCUT2D eigenvalue weighted by Crippen LogP contribution is -2.02. The van der Waals surface area contributed by atoms with Gasteiger partial charge in [-0.2, -0.15) is 0 Å². The fourth-order valence-electron chi connectivity index (χ4n) is 6.37. The van der Waals surface area contributed by atoms with Crippen molar-refractivity contribution < 1.29 is 0 Å². The van der Waals surface area contributed by atoms with E-state index in [0.717, 1.165) is 55.6 Å². The molecule has 3 aromatic heterocycles. The van der Waals surface area contributed by atoms with E-state index in [4.69, 9.17) is 19.9 Å². The number of imidazole rings is 1. The van der Waals surface area contributed by atoms with Crippen molar-refractivity contribution >= 4 is 32.6 Å². The van der Waals surface area contributed by atoms with Crippen LogP contribution in [0.3, 0.4) is 0 Å². The SMILES string of the molecule is c1ccc(-c2nc(-c3ccccc3)nc(-c3cccc(-n4c(-c5ccncc5)nc5c6ccccc6c6ccccc6c54)c3)n2)cc1. The fourth-order valence-corrected chi connectivity index (χ4v) is 6.37. The van der Waals surface area contributed by atoms with Gasteiger partial charge in [-0.05, 0) is 35.0 Å². The van der Waals surface area contributed by atoms with E-state index in [1.807, 2.05) is 85.2 Å². The first kappa shape index (κ1) is 26.8. The monoisotopic (exact) mass is 602 g/mol. The third kappa shape index (κ3) is 4.62. The van der Waals surface area contributed by atoms with Gasteiger partial charge in [-0.3, -0.25) is 9.55 Å². The summed E-state index contributed by atoms with van der Waals surface area (Å²) in [6.45, 7) is 0. The number of fused-ring (bicyclic) bond motifs is 6. The molecule has 6 heteroatoms. The Morgan fingerprint density at radius 3 is 1.53 bits per heavy atom. The summed E-state index contributed by atoms with van der Waals surface area (Å²) >= 11 is 0. The lowest BCUT2D eigenvalue weighted by molar-refractivity contribution is 1.07. The van der Waals surface area contributed by atoms with Crippen molar-refractivity contribution in [2.45, 2.75) is 0 Å². The summed E-state index contributed by atoms with van der Waals surface area (Å²) in [5.41, 5.74) is 6.69. The molecule has 47 heavy (non-hydrogen) atoms. The van der Waals surface area contributed by atoms with E-state index in [1.165, 1.54) is 10.8 Å². The normalized spacial score (nSPS) is 11.4. The highest BCUT2D eigenvalue weighted by atomic mass is 15.1. The van der Waals surface area contributed by atoms with Gasteiger partial charge >= 0.3 is 0 Å². The molecule has 3 heterocycles. The molecule has 0 bridgehead atoms. The summed E-state index contributed by atoms with van der Waals surface area (Å²) < 4.78 is 2.26. The van der Waals surface area contributed by atoms with Crippen LogP contribution in [0.25, 0.3) is 83.8 Å². The maximum Gasteiger partial charge on any atom is 0.164 e. The van der Waals surface area contributed by atoms with Crippen molar-refractivity contribution in [3.05, 3.63) is 158 Å². The zero-order valence-electron chi connectivity index (χ0n) is 25.2. The molecule has 0 radical (unpaired) electrons. The summed E-state index contributed by atoms with van der Waals surface area (Å²) in [6.07, 6.45) is 3.62. The molecule has 0 aliphatic heterocycles. The Hall–Kier alpha value is -6.53. The van der Waals surface area contributed by atoms with Gasteiger partial charge in [0.25, 0.3) is 0 Å². The first-order valence-electron chi connectivity index (χ1n) is 15.5. The number of hydrogen-bond donors (Lipinski definition) is 0. The first-order valence-corrected chi connectivity index (χ1v) is 15.5. The summed E-state index contributed by atoms with van der Waals surface area (Å²) in [5, 5.41) is 4.62. The van der Waals surface area contributed by atoms with E-state index in [-0.39, 0.29) is 0 Å². The van der Waals surface area contributed by atoms with Crippen LogP contribution in [0.5, 0.6) is 0 Å². The molecule has 0 amide bonds. The van der Waals surface area contributed by atoms with Crippen LogP contribution in [-0.2, 0) is 0 Å². The first-order chi connectivity index (χ1) is 23.3. The van der Waals surface area contributed by atoms with E-state index in [9.17, 15) is 0 Å². The second-order valence-corrected chi connectivity index (χ2v) is 11.4. The molecule has 220 valence electrons. The molecule has 0 N–H and O–H groups in total. The summed E-state index contributed by atoms with van der Waals surface area (Å²) in [7, 11) is 0. The fraction of sp³-hybridized carbons (Fsp3) is 0. The Morgan fingerprint density at radius 1 is 0.383 bits per heavy atom. The van der Waals surface area contributed by atoms with E-state index in [2.05, 4.69) is 82.3 Å². The molecule has 9 rings (SSSR count). The predicted octanol–water partition coefficient (Wildman–Crippen LogP) is 9.58. The van der Waals surface area contributed by atoms with Gasteiger partial charge in [0.05, 0.1) is 11.0 Å². The molecular formula is C41H26N6. The van der Waals surface area contributed by atoms with Crippen molar-refractivity contribution in [2.75, 3.05) is 0 Å². The molecule has 0 fully saturated rings. The Bertz CT molecular complexity index is 2500. The average Bonchev–Trinajstić information content (AvgIpc) is 3.57. The minimum absolute atomic E-state index is 0.602. The lowest BCUT2D eigenvalue weighted by Gasteiger charge is -2.14. The maximum absolute atomic E-state index is 5.34. The van der Waals surface area contributed by atoms with Gasteiger partial charge < -0.3 is 0 Å². The van der Waals surface area contributed by atoms with Crippen molar-refractivity contribution in [3.63, 3.8) is 0 Å². The predicted molar refractivity (Wildman–Crippen MR) is 189 cm³/mol. The summed E-state index contributed by atoms with van der Waals surface area (Å²) in [6, 6.07) is 49.6. The third-order valence-corrected chi connectivity index (χ3v) is 8.53. The van der Waals surface area contributed by atoms with E-state index >= 15 is 0 Å².